The van der Waals surface area contributed by atoms with Gasteiger partial charge < -0.3 is 10.2 Å². The first-order valence-electron chi connectivity index (χ1n) is 7.22. The predicted molar refractivity (Wildman–Crippen MR) is 81.4 cm³/mol. The monoisotopic (exact) mass is 259 g/mol. The van der Waals surface area contributed by atoms with Crippen molar-refractivity contribution in [3.63, 3.8) is 0 Å². The van der Waals surface area contributed by atoms with Crippen LogP contribution in [0.15, 0.2) is 29.8 Å². The Morgan fingerprint density at radius 2 is 2.21 bits per heavy atom. The Hall–Kier alpha value is -1.35. The van der Waals surface area contributed by atoms with E-state index in [9.17, 15) is 0 Å². The number of anilines is 1. The van der Waals surface area contributed by atoms with Crippen LogP contribution in [-0.2, 0) is 6.54 Å². The van der Waals surface area contributed by atoms with E-state index < -0.39 is 0 Å². The van der Waals surface area contributed by atoms with Crippen molar-refractivity contribution in [2.45, 2.75) is 33.7 Å². The minimum absolute atomic E-state index is 0.679. The second kappa shape index (κ2) is 6.71. The minimum atomic E-state index is 0.679. The zero-order chi connectivity index (χ0) is 13.7. The number of aromatic nitrogens is 1. The Morgan fingerprint density at radius 1 is 1.37 bits per heavy atom. The number of nitrogens with one attached hydrogen (secondary N) is 1. The Bertz CT molecular complexity index is 437. The summed E-state index contributed by atoms with van der Waals surface area (Å²) < 4.78 is 0. The third-order valence-corrected chi connectivity index (χ3v) is 3.31. The topological polar surface area (TPSA) is 28.2 Å². The van der Waals surface area contributed by atoms with Crippen molar-refractivity contribution >= 4 is 5.82 Å². The molecule has 2 rings (SSSR count). The average Bonchev–Trinajstić information content (AvgIpc) is 2.39. The van der Waals surface area contributed by atoms with Crippen molar-refractivity contribution in [2.24, 2.45) is 5.92 Å². The summed E-state index contributed by atoms with van der Waals surface area (Å²) in [5, 5.41) is 3.45. The van der Waals surface area contributed by atoms with E-state index in [1.165, 1.54) is 5.57 Å². The van der Waals surface area contributed by atoms with E-state index in [4.69, 9.17) is 4.98 Å². The molecule has 0 unspecified atom stereocenters. The Balaban J connectivity index is 1.97. The Kier molecular flexibility index (Phi) is 4.97. The van der Waals surface area contributed by atoms with Crippen LogP contribution < -0.4 is 10.2 Å². The lowest BCUT2D eigenvalue weighted by molar-refractivity contribution is 0.548. The highest BCUT2D eigenvalue weighted by molar-refractivity contribution is 5.42. The summed E-state index contributed by atoms with van der Waals surface area (Å²) in [7, 11) is 0. The molecule has 0 spiro atoms. The molecule has 0 amide bonds. The number of nitrogens with zero attached hydrogens (tertiary/aromatic N) is 2. The average molecular weight is 259 g/mol. The smallest absolute Gasteiger partial charge is 0.129 e. The molecule has 0 saturated heterocycles. The highest BCUT2D eigenvalue weighted by Gasteiger charge is 2.12. The van der Waals surface area contributed by atoms with Crippen LogP contribution in [0.25, 0.3) is 0 Å². The molecule has 3 heteroatoms. The number of pyridine rings is 1. The molecule has 1 aromatic rings. The van der Waals surface area contributed by atoms with Gasteiger partial charge in [0.1, 0.15) is 5.82 Å². The van der Waals surface area contributed by atoms with Crippen molar-refractivity contribution in [1.29, 1.82) is 0 Å². The van der Waals surface area contributed by atoms with Crippen molar-refractivity contribution in [3.05, 3.63) is 35.5 Å². The molecule has 0 bridgehead atoms. The first kappa shape index (κ1) is 14.1. The predicted octanol–water partition coefficient (Wildman–Crippen LogP) is 2.98. The van der Waals surface area contributed by atoms with Gasteiger partial charge in [-0.25, -0.2) is 4.98 Å². The highest BCUT2D eigenvalue weighted by Crippen LogP contribution is 2.17. The molecule has 0 atom stereocenters. The lowest BCUT2D eigenvalue weighted by Crippen LogP contribution is -2.30. The fourth-order valence-corrected chi connectivity index (χ4v) is 2.34. The lowest BCUT2D eigenvalue weighted by atomic mass is 10.1. The standard InChI is InChI=1S/C16H25N3/c1-13(2)10-17-11-15-7-4-8-16(18-15)19-9-5-6-14(3)12-19/h4,6-8,13,17H,5,9-12H2,1-3H3. The molecule has 3 nitrogen and oxygen atoms in total. The van der Waals surface area contributed by atoms with E-state index in [0.717, 1.165) is 44.1 Å². The lowest BCUT2D eigenvalue weighted by Gasteiger charge is -2.27. The van der Waals surface area contributed by atoms with Gasteiger partial charge in [-0.15, -0.1) is 0 Å². The third-order valence-electron chi connectivity index (χ3n) is 3.31. The summed E-state index contributed by atoms with van der Waals surface area (Å²) >= 11 is 0. The molecule has 19 heavy (non-hydrogen) atoms. The summed E-state index contributed by atoms with van der Waals surface area (Å²) in [5.74, 6) is 1.79. The second-order valence-corrected chi connectivity index (χ2v) is 5.77. The summed E-state index contributed by atoms with van der Waals surface area (Å²) in [6.07, 6.45) is 3.45. The normalized spacial score (nSPS) is 15.8. The van der Waals surface area contributed by atoms with Gasteiger partial charge in [-0.3, -0.25) is 0 Å². The summed E-state index contributed by atoms with van der Waals surface area (Å²) in [6, 6.07) is 6.33. The van der Waals surface area contributed by atoms with Crippen LogP contribution in [0.2, 0.25) is 0 Å². The van der Waals surface area contributed by atoms with Crippen LogP contribution in [0.5, 0.6) is 0 Å². The van der Waals surface area contributed by atoms with Gasteiger partial charge in [0.15, 0.2) is 0 Å². The van der Waals surface area contributed by atoms with E-state index in [1.807, 2.05) is 0 Å². The number of hydrogen-bond acceptors (Lipinski definition) is 3. The van der Waals surface area contributed by atoms with Gasteiger partial charge in [0, 0.05) is 19.6 Å². The largest absolute Gasteiger partial charge is 0.352 e. The van der Waals surface area contributed by atoms with Crippen LogP contribution in [0, 0.1) is 5.92 Å². The molecule has 0 radical (unpaired) electrons. The molecule has 1 N–H and O–H groups in total. The van der Waals surface area contributed by atoms with E-state index in [1.54, 1.807) is 0 Å². The first-order valence-corrected chi connectivity index (χ1v) is 7.22. The van der Waals surface area contributed by atoms with E-state index >= 15 is 0 Å². The molecule has 1 aliphatic heterocycles. The number of rotatable bonds is 5. The maximum Gasteiger partial charge on any atom is 0.129 e. The van der Waals surface area contributed by atoms with Gasteiger partial charge in [0.2, 0.25) is 0 Å². The van der Waals surface area contributed by atoms with E-state index in [-0.39, 0.29) is 0 Å². The molecule has 0 fully saturated rings. The van der Waals surface area contributed by atoms with Crippen molar-refractivity contribution in [2.75, 3.05) is 24.5 Å². The zero-order valence-electron chi connectivity index (χ0n) is 12.3. The molecular formula is C16H25N3. The molecular weight excluding hydrogens is 234 g/mol. The van der Waals surface area contributed by atoms with E-state index in [0.29, 0.717) is 5.92 Å². The summed E-state index contributed by atoms with van der Waals surface area (Å²) in [4.78, 5) is 7.13. The quantitative estimate of drug-likeness (QED) is 0.824. The van der Waals surface area contributed by atoms with Crippen LogP contribution in [0.1, 0.15) is 32.9 Å². The maximum atomic E-state index is 4.76. The SMILES string of the molecule is CC1=CCCN(c2cccc(CNCC(C)C)n2)C1. The molecule has 104 valence electrons. The van der Waals surface area contributed by atoms with Crippen molar-refractivity contribution in [3.8, 4) is 0 Å². The second-order valence-electron chi connectivity index (χ2n) is 5.77. The van der Waals surface area contributed by atoms with Gasteiger partial charge in [-0.2, -0.15) is 0 Å². The van der Waals surface area contributed by atoms with Gasteiger partial charge in [0.05, 0.1) is 5.69 Å². The Morgan fingerprint density at radius 3 is 2.95 bits per heavy atom. The Labute approximate surface area is 116 Å². The first-order chi connectivity index (χ1) is 9.15. The summed E-state index contributed by atoms with van der Waals surface area (Å²) in [5.41, 5.74) is 2.57. The van der Waals surface area contributed by atoms with Gasteiger partial charge in [-0.1, -0.05) is 31.6 Å². The van der Waals surface area contributed by atoms with Crippen LogP contribution in [-0.4, -0.2) is 24.6 Å². The van der Waals surface area contributed by atoms with Gasteiger partial charge in [0.25, 0.3) is 0 Å². The van der Waals surface area contributed by atoms with Crippen LogP contribution in [0.4, 0.5) is 5.82 Å². The summed E-state index contributed by atoms with van der Waals surface area (Å²) in [6.45, 7) is 10.6. The maximum absolute atomic E-state index is 4.76. The van der Waals surface area contributed by atoms with Crippen LogP contribution in [0.3, 0.4) is 0 Å². The van der Waals surface area contributed by atoms with Gasteiger partial charge in [-0.05, 0) is 37.9 Å². The van der Waals surface area contributed by atoms with Crippen LogP contribution >= 0.6 is 0 Å². The zero-order valence-corrected chi connectivity index (χ0v) is 12.3. The molecule has 1 aromatic heterocycles. The molecule has 0 aliphatic carbocycles. The van der Waals surface area contributed by atoms with Gasteiger partial charge >= 0.3 is 0 Å². The fourth-order valence-electron chi connectivity index (χ4n) is 2.34. The molecule has 1 aliphatic rings. The molecule has 2 heterocycles. The number of hydrogen-bond donors (Lipinski definition) is 1. The molecule has 0 aromatic carbocycles. The fraction of sp³-hybridized carbons (Fsp3) is 0.562. The highest BCUT2D eigenvalue weighted by atomic mass is 15.2. The third kappa shape index (κ3) is 4.35. The van der Waals surface area contributed by atoms with Crippen molar-refractivity contribution < 1.29 is 0 Å². The minimum Gasteiger partial charge on any atom is -0.352 e. The molecule has 0 saturated carbocycles. The van der Waals surface area contributed by atoms with Crippen molar-refractivity contribution in [1.82, 2.24) is 10.3 Å². The van der Waals surface area contributed by atoms with E-state index in [2.05, 4.69) is 55.3 Å².